The van der Waals surface area contributed by atoms with E-state index in [2.05, 4.69) is 4.90 Å². The largest absolute Gasteiger partial charge is 0.465 e. The summed E-state index contributed by atoms with van der Waals surface area (Å²) in [5.74, 6) is -6.48. The van der Waals surface area contributed by atoms with Crippen LogP contribution in [0.25, 0.3) is 0 Å². The van der Waals surface area contributed by atoms with Crippen LogP contribution in [0.4, 0.5) is 26.7 Å². The van der Waals surface area contributed by atoms with Crippen molar-refractivity contribution in [3.05, 3.63) is 58.2 Å². The van der Waals surface area contributed by atoms with Crippen molar-refractivity contribution >= 4 is 11.9 Å². The predicted octanol–water partition coefficient (Wildman–Crippen LogP) is 6.70. The monoisotopic (exact) mass is 622 g/mol. The summed E-state index contributed by atoms with van der Waals surface area (Å²) in [4.78, 5) is 27.2. The Morgan fingerprint density at radius 2 is 1.73 bits per heavy atom. The van der Waals surface area contributed by atoms with Crippen LogP contribution in [0.5, 0.6) is 0 Å². The van der Waals surface area contributed by atoms with Crippen molar-refractivity contribution < 1.29 is 41.8 Å². The maximum Gasteiger partial charge on any atom is 0.456 e. The smallest absolute Gasteiger partial charge is 0.456 e. The Kier molecular flexibility index (Phi) is 7.75. The van der Waals surface area contributed by atoms with Gasteiger partial charge in [0, 0.05) is 50.5 Å². The second-order valence-electron chi connectivity index (χ2n) is 13.6. The molecule has 6 rings (SSSR count). The minimum atomic E-state index is -5.88. The molecule has 1 aromatic carbocycles. The third-order valence-electron chi connectivity index (χ3n) is 11.4. The quantitative estimate of drug-likeness (QED) is 0.366. The Labute approximate surface area is 253 Å². The van der Waals surface area contributed by atoms with Crippen LogP contribution in [0.15, 0.2) is 47.1 Å². The minimum Gasteiger partial charge on any atom is -0.465 e. The Balaban J connectivity index is 1.35. The van der Waals surface area contributed by atoms with Crippen LogP contribution in [0.2, 0.25) is 0 Å². The van der Waals surface area contributed by atoms with E-state index >= 15 is 8.78 Å². The van der Waals surface area contributed by atoms with Crippen molar-refractivity contribution in [3.8, 4) is 0 Å². The van der Waals surface area contributed by atoms with Crippen LogP contribution in [-0.2, 0) is 11.3 Å². The third-order valence-corrected chi connectivity index (χ3v) is 11.4. The highest BCUT2D eigenvalue weighted by molar-refractivity contribution is 5.93. The normalized spacial score (nSPS) is 33.3. The van der Waals surface area contributed by atoms with E-state index in [-0.39, 0.29) is 24.5 Å². The zero-order valence-corrected chi connectivity index (χ0v) is 24.8. The number of amides is 1. The molecule has 4 aliphatic carbocycles. The lowest BCUT2D eigenvalue weighted by Gasteiger charge is -2.56. The van der Waals surface area contributed by atoms with Gasteiger partial charge in [-0.2, -0.15) is 22.0 Å². The molecule has 0 radical (unpaired) electrons. The van der Waals surface area contributed by atoms with Gasteiger partial charge >= 0.3 is 18.2 Å². The molecule has 1 saturated heterocycles. The van der Waals surface area contributed by atoms with Gasteiger partial charge in [-0.05, 0) is 85.1 Å². The second-order valence-corrected chi connectivity index (χ2v) is 13.6. The highest BCUT2D eigenvalue weighted by Gasteiger charge is 2.79. The maximum absolute atomic E-state index is 15.2. The average Bonchev–Trinajstić information content (AvgIpc) is 3.09. The van der Waals surface area contributed by atoms with Crippen molar-refractivity contribution in [2.24, 2.45) is 17.3 Å². The molecule has 5 atom stereocenters. The number of hydrogen-bond acceptors (Lipinski definition) is 4. The number of benzene rings is 1. The van der Waals surface area contributed by atoms with E-state index in [9.17, 15) is 33.0 Å². The molecule has 1 amide bonds. The molecule has 1 heterocycles. The summed E-state index contributed by atoms with van der Waals surface area (Å²) in [6, 6.07) is 7.72. The summed E-state index contributed by atoms with van der Waals surface area (Å²) >= 11 is 0. The molecule has 44 heavy (non-hydrogen) atoms. The van der Waals surface area contributed by atoms with Crippen molar-refractivity contribution in [3.63, 3.8) is 0 Å². The number of ketones is 1. The molecule has 240 valence electrons. The highest BCUT2D eigenvalue weighted by atomic mass is 19.4. The fraction of sp³-hybridized carbons (Fsp3) is 0.636. The van der Waals surface area contributed by atoms with Gasteiger partial charge in [0.25, 0.3) is 0 Å². The molecule has 2 unspecified atom stereocenters. The van der Waals surface area contributed by atoms with Gasteiger partial charge in [0.2, 0.25) is 0 Å². The van der Waals surface area contributed by atoms with Gasteiger partial charge in [-0.15, -0.1) is 0 Å². The third kappa shape index (κ3) is 4.89. The van der Waals surface area contributed by atoms with Crippen molar-refractivity contribution in [1.29, 1.82) is 0 Å². The zero-order chi connectivity index (χ0) is 31.7. The average molecular weight is 623 g/mol. The fourth-order valence-electron chi connectivity index (χ4n) is 9.15. The minimum absolute atomic E-state index is 0.0457. The standard InChI is InChI=1S/C33H39F5N2O4/c1-30-18-26(21-5-3-20(4-6-21)19-39-13-2-14-40(16-15-39)29(42)43)28-24-10-8-23(41)17-22(24)7-9-25(28)27(30)11-12-31(30,44)32(34,35)33(36,37)38/h3-6,17,25-27,44H,2,7-16,18-19H2,1H3,(H,42,43)/t25?,26-,27?,30+,31-/m1/s1. The zero-order valence-electron chi connectivity index (χ0n) is 24.8. The summed E-state index contributed by atoms with van der Waals surface area (Å²) in [7, 11) is 0. The summed E-state index contributed by atoms with van der Waals surface area (Å²) in [5.41, 5.74) is -0.0850. The van der Waals surface area contributed by atoms with Crippen LogP contribution in [0, 0.1) is 17.3 Å². The van der Waals surface area contributed by atoms with Crippen LogP contribution in [-0.4, -0.2) is 75.8 Å². The highest BCUT2D eigenvalue weighted by Crippen LogP contribution is 2.70. The Hall–Kier alpha value is -2.79. The molecule has 1 aliphatic heterocycles. The Bertz CT molecular complexity index is 1390. The van der Waals surface area contributed by atoms with E-state index < -0.39 is 47.5 Å². The first-order valence-electron chi connectivity index (χ1n) is 15.6. The summed E-state index contributed by atoms with van der Waals surface area (Å²) in [6.45, 7) is 4.26. The van der Waals surface area contributed by atoms with Crippen molar-refractivity contribution in [2.45, 2.75) is 88.5 Å². The second kappa shape index (κ2) is 10.9. The number of allylic oxidation sites excluding steroid dienone is 4. The van der Waals surface area contributed by atoms with Gasteiger partial charge in [-0.3, -0.25) is 9.69 Å². The number of alkyl halides is 5. The molecule has 1 aromatic rings. The first-order valence-corrected chi connectivity index (χ1v) is 15.6. The molecule has 0 aromatic heterocycles. The van der Waals surface area contributed by atoms with Crippen LogP contribution in [0.3, 0.4) is 0 Å². The Morgan fingerprint density at radius 1 is 1.00 bits per heavy atom. The number of carbonyl (C=O) groups is 2. The SMILES string of the molecule is C[C@]12C[C@H](c3ccc(CN4CCCN(C(=O)O)CC4)cc3)C3=C4CCC(=O)C=C4CCC3C1CC[C@]2(O)C(F)(F)C(F)(F)F. The maximum atomic E-state index is 15.2. The fourth-order valence-corrected chi connectivity index (χ4v) is 9.15. The molecule has 11 heteroatoms. The number of rotatable bonds is 4. The molecule has 0 bridgehead atoms. The number of hydrogen-bond donors (Lipinski definition) is 2. The number of carboxylic acid groups (broad SMARTS) is 1. The van der Waals surface area contributed by atoms with E-state index in [4.69, 9.17) is 0 Å². The molecule has 2 saturated carbocycles. The topological polar surface area (TPSA) is 81.1 Å². The first kappa shape index (κ1) is 31.2. The summed E-state index contributed by atoms with van der Waals surface area (Å²) in [5, 5.41) is 20.8. The predicted molar refractivity (Wildman–Crippen MR) is 152 cm³/mol. The van der Waals surface area contributed by atoms with Crippen LogP contribution >= 0.6 is 0 Å². The molecular formula is C33H39F5N2O4. The molecule has 6 nitrogen and oxygen atoms in total. The number of aliphatic hydroxyl groups is 1. The molecular weight excluding hydrogens is 583 g/mol. The van der Waals surface area contributed by atoms with Gasteiger partial charge in [0.15, 0.2) is 5.78 Å². The van der Waals surface area contributed by atoms with E-state index in [0.29, 0.717) is 58.3 Å². The van der Waals surface area contributed by atoms with E-state index in [1.165, 1.54) is 11.8 Å². The van der Waals surface area contributed by atoms with Gasteiger partial charge in [0.1, 0.15) is 5.60 Å². The Morgan fingerprint density at radius 3 is 2.41 bits per heavy atom. The summed E-state index contributed by atoms with van der Waals surface area (Å²) < 4.78 is 71.8. The van der Waals surface area contributed by atoms with Crippen molar-refractivity contribution in [2.75, 3.05) is 26.2 Å². The number of halogens is 5. The molecule has 5 aliphatic rings. The lowest BCUT2D eigenvalue weighted by molar-refractivity contribution is -0.362. The number of carbonyl (C=O) groups excluding carboxylic acids is 1. The molecule has 2 N–H and O–H groups in total. The van der Waals surface area contributed by atoms with Gasteiger partial charge < -0.3 is 15.1 Å². The van der Waals surface area contributed by atoms with Crippen molar-refractivity contribution in [1.82, 2.24) is 9.80 Å². The lowest BCUT2D eigenvalue weighted by atomic mass is 9.50. The molecule has 3 fully saturated rings. The van der Waals surface area contributed by atoms with Gasteiger partial charge in [-0.25, -0.2) is 4.79 Å². The number of fused-ring (bicyclic) bond motifs is 4. The van der Waals surface area contributed by atoms with Gasteiger partial charge in [0.05, 0.1) is 0 Å². The van der Waals surface area contributed by atoms with E-state index in [0.717, 1.165) is 34.4 Å². The van der Waals surface area contributed by atoms with Crippen LogP contribution < -0.4 is 0 Å². The number of nitrogens with zero attached hydrogens (tertiary/aromatic N) is 2. The van der Waals surface area contributed by atoms with E-state index in [1.807, 2.05) is 24.3 Å². The van der Waals surface area contributed by atoms with E-state index in [1.54, 1.807) is 6.08 Å². The van der Waals surface area contributed by atoms with Crippen LogP contribution in [0.1, 0.15) is 75.3 Å². The summed E-state index contributed by atoms with van der Waals surface area (Å²) in [6.07, 6.45) is -3.03. The van der Waals surface area contributed by atoms with Gasteiger partial charge in [-0.1, -0.05) is 36.8 Å². The lowest BCUT2D eigenvalue weighted by Crippen LogP contribution is -2.65. The first-order chi connectivity index (χ1) is 20.7. The molecule has 0 spiro atoms.